The third-order valence-corrected chi connectivity index (χ3v) is 2.50. The minimum absolute atomic E-state index is 0.116. The summed E-state index contributed by atoms with van der Waals surface area (Å²) in [6.45, 7) is 6.31. The van der Waals surface area contributed by atoms with Gasteiger partial charge in [0.05, 0.1) is 13.2 Å². The Kier molecular flexibility index (Phi) is 11.6. The van der Waals surface area contributed by atoms with E-state index in [9.17, 15) is 4.57 Å². The first-order valence-electron chi connectivity index (χ1n) is 6.72. The summed E-state index contributed by atoms with van der Waals surface area (Å²) in [6.07, 6.45) is 2.64. The van der Waals surface area contributed by atoms with Crippen molar-refractivity contribution in [3.8, 4) is 0 Å². The molecule has 1 aromatic rings. The lowest BCUT2D eigenvalue weighted by Crippen LogP contribution is -2.04. The summed E-state index contributed by atoms with van der Waals surface area (Å²) in [7, 11) is -3.55. The molecule has 116 valence electrons. The zero-order valence-electron chi connectivity index (χ0n) is 12.4. The number of hydrogen-bond donors (Lipinski definition) is 1. The first-order chi connectivity index (χ1) is 9.49. The van der Waals surface area contributed by atoms with Crippen molar-refractivity contribution in [3.63, 3.8) is 0 Å². The van der Waals surface area contributed by atoms with Gasteiger partial charge in [-0.25, -0.2) is 4.89 Å². The van der Waals surface area contributed by atoms with Crippen molar-refractivity contribution in [1.29, 1.82) is 0 Å². The van der Waals surface area contributed by atoms with Crippen LogP contribution in [0.1, 0.15) is 32.3 Å². The molecule has 1 atom stereocenters. The maximum absolute atomic E-state index is 10.6. The Labute approximate surface area is 121 Å². The Balaban J connectivity index is 0.000000796. The molecule has 0 bridgehead atoms. The van der Waals surface area contributed by atoms with E-state index in [2.05, 4.69) is 23.4 Å². The zero-order chi connectivity index (χ0) is 15.3. The van der Waals surface area contributed by atoms with Gasteiger partial charge in [0.25, 0.3) is 0 Å². The van der Waals surface area contributed by atoms with E-state index >= 15 is 0 Å². The summed E-state index contributed by atoms with van der Waals surface area (Å²) in [5, 5.41) is 0. The summed E-state index contributed by atoms with van der Waals surface area (Å²) < 4.78 is 20.1. The first-order valence-corrected chi connectivity index (χ1v) is 8.75. The van der Waals surface area contributed by atoms with Gasteiger partial charge >= 0.3 is 7.60 Å². The standard InChI is InChI=1S/C10H15O5P.C4H10/c1-16(11,12)15-14-8-7-13-9-10-5-3-2-4-6-10;1-3-4-2/h2-6H,7-9H2,1H3,(H,11,12);3-4H2,1-2H3. The molecular formula is C14H25O5P. The lowest BCUT2D eigenvalue weighted by molar-refractivity contribution is -0.220. The molecule has 0 aliphatic heterocycles. The third-order valence-electron chi connectivity index (χ3n) is 2.11. The molecule has 1 rings (SSSR count). The van der Waals surface area contributed by atoms with Crippen LogP contribution in [0.2, 0.25) is 0 Å². The van der Waals surface area contributed by atoms with Gasteiger partial charge in [-0.15, -0.1) is 4.67 Å². The molecule has 0 aromatic heterocycles. The molecule has 0 saturated heterocycles. The van der Waals surface area contributed by atoms with Crippen LogP contribution in [-0.2, 0) is 25.5 Å². The number of ether oxygens (including phenoxy) is 1. The smallest absolute Gasteiger partial charge is 0.352 e. The van der Waals surface area contributed by atoms with Gasteiger partial charge in [-0.1, -0.05) is 57.0 Å². The fraction of sp³-hybridized carbons (Fsp3) is 0.571. The number of rotatable bonds is 8. The first kappa shape index (κ1) is 19.3. The van der Waals surface area contributed by atoms with Crippen molar-refractivity contribution in [1.82, 2.24) is 0 Å². The normalized spacial score (nSPS) is 13.2. The largest absolute Gasteiger partial charge is 0.374 e. The highest BCUT2D eigenvalue weighted by Crippen LogP contribution is 2.36. The van der Waals surface area contributed by atoms with E-state index in [0.717, 1.165) is 12.2 Å². The van der Waals surface area contributed by atoms with Crippen LogP contribution in [0.15, 0.2) is 30.3 Å². The molecule has 0 spiro atoms. The van der Waals surface area contributed by atoms with Gasteiger partial charge in [0.15, 0.2) is 0 Å². The summed E-state index contributed by atoms with van der Waals surface area (Å²) in [4.78, 5) is 13.2. The number of benzene rings is 1. The molecule has 1 unspecified atom stereocenters. The molecule has 1 N–H and O–H groups in total. The van der Waals surface area contributed by atoms with Gasteiger partial charge in [0.2, 0.25) is 0 Å². The van der Waals surface area contributed by atoms with Gasteiger partial charge in [0.1, 0.15) is 6.61 Å². The highest BCUT2D eigenvalue weighted by Gasteiger charge is 2.10. The molecule has 0 aliphatic carbocycles. The molecular weight excluding hydrogens is 279 g/mol. The van der Waals surface area contributed by atoms with Crippen molar-refractivity contribution < 1.29 is 23.8 Å². The second-order valence-electron chi connectivity index (χ2n) is 4.24. The Morgan fingerprint density at radius 2 is 1.70 bits per heavy atom. The molecule has 5 nitrogen and oxygen atoms in total. The SMILES string of the molecule is CCCC.CP(=O)(O)OOCCOCc1ccccc1. The minimum Gasteiger partial charge on any atom is -0.374 e. The van der Waals surface area contributed by atoms with Crippen LogP contribution >= 0.6 is 7.60 Å². The fourth-order valence-electron chi connectivity index (χ4n) is 0.992. The van der Waals surface area contributed by atoms with E-state index in [-0.39, 0.29) is 6.61 Å². The Hall–Kier alpha value is -0.710. The summed E-state index contributed by atoms with van der Waals surface area (Å²) in [5.41, 5.74) is 1.06. The Bertz CT molecular complexity index is 361. The second kappa shape index (κ2) is 12.1. The highest BCUT2D eigenvalue weighted by atomic mass is 31.2. The molecule has 0 heterocycles. The van der Waals surface area contributed by atoms with E-state index in [1.54, 1.807) is 0 Å². The summed E-state index contributed by atoms with van der Waals surface area (Å²) in [6, 6.07) is 9.69. The van der Waals surface area contributed by atoms with Gasteiger partial charge in [0, 0.05) is 6.66 Å². The maximum atomic E-state index is 10.6. The molecule has 0 fully saturated rings. The van der Waals surface area contributed by atoms with Gasteiger partial charge in [-0.2, -0.15) is 0 Å². The predicted octanol–water partition coefficient (Wildman–Crippen LogP) is 3.77. The Morgan fingerprint density at radius 3 is 2.20 bits per heavy atom. The third kappa shape index (κ3) is 13.7. The average Bonchev–Trinajstić information content (AvgIpc) is 2.43. The lowest BCUT2D eigenvalue weighted by atomic mass is 10.2. The van der Waals surface area contributed by atoms with Crippen LogP contribution in [0.4, 0.5) is 0 Å². The molecule has 0 saturated carbocycles. The number of hydrogen-bond acceptors (Lipinski definition) is 4. The molecule has 0 amide bonds. The van der Waals surface area contributed by atoms with Gasteiger partial charge in [-0.3, -0.25) is 4.57 Å². The maximum Gasteiger partial charge on any atom is 0.352 e. The van der Waals surface area contributed by atoms with E-state index in [1.807, 2.05) is 30.3 Å². The van der Waals surface area contributed by atoms with Crippen molar-refractivity contribution in [2.75, 3.05) is 19.9 Å². The topological polar surface area (TPSA) is 65.0 Å². The summed E-state index contributed by atoms with van der Waals surface area (Å²) >= 11 is 0. The molecule has 6 heteroatoms. The van der Waals surface area contributed by atoms with Crippen molar-refractivity contribution in [2.45, 2.75) is 33.3 Å². The van der Waals surface area contributed by atoms with E-state index < -0.39 is 7.60 Å². The van der Waals surface area contributed by atoms with Gasteiger partial charge < -0.3 is 9.63 Å². The molecule has 0 aliphatic rings. The average molecular weight is 304 g/mol. The fourth-order valence-corrected chi connectivity index (χ4v) is 1.26. The quantitative estimate of drug-likeness (QED) is 0.343. The van der Waals surface area contributed by atoms with Crippen molar-refractivity contribution in [2.24, 2.45) is 0 Å². The van der Waals surface area contributed by atoms with E-state index in [4.69, 9.17) is 9.63 Å². The van der Waals surface area contributed by atoms with Crippen LogP contribution in [0.5, 0.6) is 0 Å². The van der Waals surface area contributed by atoms with E-state index in [0.29, 0.717) is 13.2 Å². The zero-order valence-corrected chi connectivity index (χ0v) is 13.3. The highest BCUT2D eigenvalue weighted by molar-refractivity contribution is 7.51. The van der Waals surface area contributed by atoms with Crippen molar-refractivity contribution >= 4 is 7.60 Å². The molecule has 0 radical (unpaired) electrons. The molecule has 1 aromatic carbocycles. The van der Waals surface area contributed by atoms with Crippen LogP contribution < -0.4 is 0 Å². The summed E-state index contributed by atoms with van der Waals surface area (Å²) in [5.74, 6) is 0. The lowest BCUT2D eigenvalue weighted by Gasteiger charge is -2.06. The monoisotopic (exact) mass is 304 g/mol. The second-order valence-corrected chi connectivity index (χ2v) is 5.99. The van der Waals surface area contributed by atoms with E-state index in [1.165, 1.54) is 12.8 Å². The molecule has 20 heavy (non-hydrogen) atoms. The van der Waals surface area contributed by atoms with Crippen LogP contribution in [0, 0.1) is 0 Å². The van der Waals surface area contributed by atoms with Crippen LogP contribution in [0.3, 0.4) is 0 Å². The van der Waals surface area contributed by atoms with Crippen molar-refractivity contribution in [3.05, 3.63) is 35.9 Å². The Morgan fingerprint density at radius 1 is 1.10 bits per heavy atom. The predicted molar refractivity (Wildman–Crippen MR) is 79.5 cm³/mol. The van der Waals surface area contributed by atoms with Crippen LogP contribution in [0.25, 0.3) is 0 Å². The minimum atomic E-state index is -3.55. The number of unbranched alkanes of at least 4 members (excludes halogenated alkanes) is 1. The van der Waals surface area contributed by atoms with Gasteiger partial charge in [-0.05, 0) is 5.56 Å². The van der Waals surface area contributed by atoms with Crippen LogP contribution in [-0.4, -0.2) is 24.8 Å².